The minimum atomic E-state index is -3.58. The van der Waals surface area contributed by atoms with E-state index >= 15 is 0 Å². The molecular formula is C11H20N4O3S. The van der Waals surface area contributed by atoms with Crippen molar-refractivity contribution in [3.05, 3.63) is 11.8 Å². The molecular weight excluding hydrogens is 268 g/mol. The lowest BCUT2D eigenvalue weighted by Crippen LogP contribution is -2.37. The summed E-state index contributed by atoms with van der Waals surface area (Å²) in [7, 11) is -3.58. The molecule has 0 saturated carbocycles. The SMILES string of the molecule is CCN(CC1CCCO1)S(=O)(=O)c1[nH]ncc1CN. The maximum absolute atomic E-state index is 12.5. The Bertz CT molecular complexity index is 508. The van der Waals surface area contributed by atoms with Crippen LogP contribution in [0.15, 0.2) is 11.2 Å². The molecule has 1 saturated heterocycles. The topological polar surface area (TPSA) is 101 Å². The van der Waals surface area contributed by atoms with Gasteiger partial charge < -0.3 is 10.5 Å². The predicted molar refractivity (Wildman–Crippen MR) is 69.9 cm³/mol. The van der Waals surface area contributed by atoms with Crippen molar-refractivity contribution < 1.29 is 13.2 Å². The number of aromatic nitrogens is 2. The normalized spacial score (nSPS) is 20.3. The number of aromatic amines is 1. The maximum atomic E-state index is 12.5. The van der Waals surface area contributed by atoms with Crippen LogP contribution in [0.4, 0.5) is 0 Å². The largest absolute Gasteiger partial charge is 0.377 e. The molecule has 3 N–H and O–H groups in total. The monoisotopic (exact) mass is 288 g/mol. The van der Waals surface area contributed by atoms with Crippen LogP contribution in [0.25, 0.3) is 0 Å². The second kappa shape index (κ2) is 6.00. The van der Waals surface area contributed by atoms with Crippen LogP contribution in [0.5, 0.6) is 0 Å². The van der Waals surface area contributed by atoms with Crippen LogP contribution >= 0.6 is 0 Å². The molecule has 1 fully saturated rings. The Morgan fingerprint density at radius 2 is 2.42 bits per heavy atom. The number of nitrogens with one attached hydrogen (secondary N) is 1. The first-order valence-corrected chi connectivity index (χ1v) is 7.87. The van der Waals surface area contributed by atoms with Gasteiger partial charge >= 0.3 is 0 Å². The van der Waals surface area contributed by atoms with Crippen molar-refractivity contribution >= 4 is 10.0 Å². The summed E-state index contributed by atoms with van der Waals surface area (Å²) in [5.41, 5.74) is 6.03. The number of hydrogen-bond acceptors (Lipinski definition) is 5. The minimum absolute atomic E-state index is 0.0148. The molecule has 2 heterocycles. The lowest BCUT2D eigenvalue weighted by atomic mass is 10.2. The zero-order valence-corrected chi connectivity index (χ0v) is 11.8. The highest BCUT2D eigenvalue weighted by molar-refractivity contribution is 7.89. The third-order valence-electron chi connectivity index (χ3n) is 3.28. The smallest absolute Gasteiger partial charge is 0.260 e. The van der Waals surface area contributed by atoms with Crippen LogP contribution in [0, 0.1) is 0 Å². The Kier molecular flexibility index (Phi) is 4.56. The van der Waals surface area contributed by atoms with Crippen molar-refractivity contribution in [2.24, 2.45) is 5.73 Å². The number of hydrogen-bond donors (Lipinski definition) is 2. The number of rotatable bonds is 6. The first kappa shape index (κ1) is 14.4. The number of nitrogens with zero attached hydrogens (tertiary/aromatic N) is 2. The molecule has 7 nitrogen and oxygen atoms in total. The quantitative estimate of drug-likeness (QED) is 0.770. The van der Waals surface area contributed by atoms with Crippen molar-refractivity contribution in [2.75, 3.05) is 19.7 Å². The van der Waals surface area contributed by atoms with Gasteiger partial charge in [0.1, 0.15) is 0 Å². The third kappa shape index (κ3) is 2.97. The van der Waals surface area contributed by atoms with E-state index in [0.29, 0.717) is 25.3 Å². The standard InChI is InChI=1S/C11H20N4O3S/c1-2-15(8-10-4-3-5-18-10)19(16,17)11-9(6-12)7-13-14-11/h7,10H,2-6,8,12H2,1H3,(H,13,14). The molecule has 19 heavy (non-hydrogen) atoms. The van der Waals surface area contributed by atoms with Gasteiger partial charge in [-0.2, -0.15) is 9.40 Å². The number of nitrogens with two attached hydrogens (primary N) is 1. The molecule has 108 valence electrons. The Balaban J connectivity index is 2.20. The summed E-state index contributed by atoms with van der Waals surface area (Å²) in [5, 5.41) is 6.39. The molecule has 0 aliphatic carbocycles. The van der Waals surface area contributed by atoms with Gasteiger partial charge in [0.05, 0.1) is 12.3 Å². The molecule has 8 heteroatoms. The fraction of sp³-hybridized carbons (Fsp3) is 0.727. The zero-order valence-electron chi connectivity index (χ0n) is 11.0. The van der Waals surface area contributed by atoms with Gasteiger partial charge in [-0.3, -0.25) is 5.10 Å². The molecule has 2 rings (SSSR count). The third-order valence-corrected chi connectivity index (χ3v) is 5.24. The molecule has 1 aromatic heterocycles. The molecule has 1 aromatic rings. The van der Waals surface area contributed by atoms with Crippen molar-refractivity contribution in [3.63, 3.8) is 0 Å². The molecule has 1 aliphatic rings. The lowest BCUT2D eigenvalue weighted by molar-refractivity contribution is 0.0946. The molecule has 0 amide bonds. The molecule has 1 atom stereocenters. The molecule has 1 unspecified atom stereocenters. The summed E-state index contributed by atoms with van der Waals surface area (Å²) in [6.45, 7) is 3.43. The van der Waals surface area contributed by atoms with E-state index < -0.39 is 10.0 Å². The zero-order chi connectivity index (χ0) is 13.9. The van der Waals surface area contributed by atoms with Crippen molar-refractivity contribution in [3.8, 4) is 0 Å². The van der Waals surface area contributed by atoms with Crippen LogP contribution in [0.1, 0.15) is 25.3 Å². The average Bonchev–Trinajstić information content (AvgIpc) is 3.06. The van der Waals surface area contributed by atoms with Gasteiger partial charge in [0.25, 0.3) is 10.0 Å². The van der Waals surface area contributed by atoms with Crippen LogP contribution in [0.2, 0.25) is 0 Å². The minimum Gasteiger partial charge on any atom is -0.377 e. The maximum Gasteiger partial charge on any atom is 0.260 e. The van der Waals surface area contributed by atoms with Crippen LogP contribution in [-0.2, 0) is 21.3 Å². The molecule has 0 bridgehead atoms. The van der Waals surface area contributed by atoms with Gasteiger partial charge in [-0.1, -0.05) is 6.92 Å². The highest BCUT2D eigenvalue weighted by Crippen LogP contribution is 2.20. The summed E-state index contributed by atoms with van der Waals surface area (Å²) in [5.74, 6) is 0. The first-order chi connectivity index (χ1) is 9.09. The molecule has 0 aromatic carbocycles. The fourth-order valence-electron chi connectivity index (χ4n) is 2.21. The van der Waals surface area contributed by atoms with Gasteiger partial charge in [-0.25, -0.2) is 8.42 Å². The van der Waals surface area contributed by atoms with Crippen molar-refractivity contribution in [1.29, 1.82) is 0 Å². The van der Waals surface area contributed by atoms with Gasteiger partial charge in [0.15, 0.2) is 5.03 Å². The van der Waals surface area contributed by atoms with E-state index in [9.17, 15) is 8.42 Å². The van der Waals surface area contributed by atoms with E-state index in [-0.39, 0.29) is 17.7 Å². The Morgan fingerprint density at radius 3 is 3.00 bits per heavy atom. The number of likely N-dealkylation sites (N-methyl/N-ethyl adjacent to an activating group) is 1. The highest BCUT2D eigenvalue weighted by Gasteiger charge is 2.30. The van der Waals surface area contributed by atoms with E-state index in [2.05, 4.69) is 10.2 Å². The predicted octanol–water partition coefficient (Wildman–Crippen LogP) is 0.0580. The summed E-state index contributed by atoms with van der Waals surface area (Å²) < 4.78 is 32.0. The van der Waals surface area contributed by atoms with Crippen molar-refractivity contribution in [2.45, 2.75) is 37.4 Å². The van der Waals surface area contributed by atoms with Crippen LogP contribution in [-0.4, -0.2) is 48.7 Å². The second-order valence-electron chi connectivity index (χ2n) is 4.52. The molecule has 0 spiro atoms. The van der Waals surface area contributed by atoms with E-state index in [1.54, 1.807) is 0 Å². The summed E-state index contributed by atoms with van der Waals surface area (Å²) in [6.07, 6.45) is 3.32. The second-order valence-corrected chi connectivity index (χ2v) is 6.39. The highest BCUT2D eigenvalue weighted by atomic mass is 32.2. The van der Waals surface area contributed by atoms with Crippen LogP contribution in [0.3, 0.4) is 0 Å². The fourth-order valence-corrected chi connectivity index (χ4v) is 3.81. The van der Waals surface area contributed by atoms with Gasteiger partial charge in [-0.15, -0.1) is 0 Å². The lowest BCUT2D eigenvalue weighted by Gasteiger charge is -2.23. The van der Waals surface area contributed by atoms with Gasteiger partial charge in [0, 0.05) is 31.8 Å². The molecule has 1 aliphatic heterocycles. The van der Waals surface area contributed by atoms with Gasteiger partial charge in [-0.05, 0) is 12.8 Å². The molecule has 0 radical (unpaired) electrons. The van der Waals surface area contributed by atoms with Gasteiger partial charge in [0.2, 0.25) is 0 Å². The number of ether oxygens (including phenoxy) is 1. The Labute approximate surface area is 113 Å². The summed E-state index contributed by atoms with van der Waals surface area (Å²) in [4.78, 5) is 0. The van der Waals surface area contributed by atoms with Crippen molar-refractivity contribution in [1.82, 2.24) is 14.5 Å². The van der Waals surface area contributed by atoms with Crippen LogP contribution < -0.4 is 5.73 Å². The van der Waals surface area contributed by atoms with E-state index in [1.807, 2.05) is 6.92 Å². The summed E-state index contributed by atoms with van der Waals surface area (Å²) >= 11 is 0. The van der Waals surface area contributed by atoms with E-state index in [0.717, 1.165) is 12.8 Å². The number of sulfonamides is 1. The average molecular weight is 288 g/mol. The Hall–Kier alpha value is -0.960. The van der Waals surface area contributed by atoms with E-state index in [1.165, 1.54) is 10.5 Å². The summed E-state index contributed by atoms with van der Waals surface area (Å²) in [6, 6.07) is 0. The Morgan fingerprint density at radius 1 is 1.63 bits per heavy atom. The first-order valence-electron chi connectivity index (χ1n) is 6.43. The number of H-pyrrole nitrogens is 1. The van der Waals surface area contributed by atoms with E-state index in [4.69, 9.17) is 10.5 Å².